The number of amides is 1. The molecule has 1 amide bonds. The minimum absolute atomic E-state index is 0.191. The van der Waals surface area contributed by atoms with Crippen LogP contribution in [0.25, 0.3) is 10.9 Å². The van der Waals surface area contributed by atoms with Crippen LogP contribution in [0.3, 0.4) is 0 Å². The van der Waals surface area contributed by atoms with Crippen LogP contribution in [0.15, 0.2) is 54.7 Å². The molecule has 3 rings (SSSR count). The van der Waals surface area contributed by atoms with Crippen LogP contribution in [0.5, 0.6) is 5.75 Å². The van der Waals surface area contributed by atoms with Crippen molar-refractivity contribution < 1.29 is 13.9 Å². The van der Waals surface area contributed by atoms with Gasteiger partial charge in [-0.3, -0.25) is 9.78 Å². The van der Waals surface area contributed by atoms with Crippen molar-refractivity contribution in [3.8, 4) is 5.75 Å². The zero-order chi connectivity index (χ0) is 19.9. The minimum Gasteiger partial charge on any atom is -0.497 e. The Morgan fingerprint density at radius 3 is 2.75 bits per heavy atom. The van der Waals surface area contributed by atoms with Gasteiger partial charge >= 0.3 is 0 Å². The molecule has 2 aromatic carbocycles. The summed E-state index contributed by atoms with van der Waals surface area (Å²) in [5, 5.41) is 7.37. The van der Waals surface area contributed by atoms with Gasteiger partial charge in [0.05, 0.1) is 18.3 Å². The highest BCUT2D eigenvalue weighted by Crippen LogP contribution is 2.28. The van der Waals surface area contributed by atoms with Crippen LogP contribution in [0.4, 0.5) is 10.1 Å². The van der Waals surface area contributed by atoms with Gasteiger partial charge in [-0.1, -0.05) is 6.07 Å². The summed E-state index contributed by atoms with van der Waals surface area (Å²) in [7, 11) is 1.65. The number of carbonyl (C=O) groups excluding carboxylic acids is 1. The van der Waals surface area contributed by atoms with E-state index in [-0.39, 0.29) is 17.8 Å². The second-order valence-corrected chi connectivity index (χ2v) is 6.70. The number of hydrogen-bond donors (Lipinski definition) is 2. The molecule has 0 saturated heterocycles. The van der Waals surface area contributed by atoms with Gasteiger partial charge in [-0.25, -0.2) is 4.39 Å². The lowest BCUT2D eigenvalue weighted by molar-refractivity contribution is 0.0953. The molecule has 3 aromatic rings. The van der Waals surface area contributed by atoms with E-state index in [4.69, 9.17) is 4.74 Å². The third-order valence-corrected chi connectivity index (χ3v) is 4.52. The molecule has 2 N–H and O–H groups in total. The second-order valence-electron chi connectivity index (χ2n) is 6.70. The van der Waals surface area contributed by atoms with Crippen molar-refractivity contribution >= 4 is 22.5 Å². The van der Waals surface area contributed by atoms with Crippen molar-refractivity contribution in [1.82, 2.24) is 10.3 Å². The number of carbonyl (C=O) groups is 1. The lowest BCUT2D eigenvalue weighted by atomic mass is 10.1. The third kappa shape index (κ3) is 4.97. The van der Waals surface area contributed by atoms with E-state index in [1.54, 1.807) is 13.3 Å². The first-order valence-corrected chi connectivity index (χ1v) is 9.30. The molecule has 0 fully saturated rings. The maximum Gasteiger partial charge on any atom is 0.251 e. The van der Waals surface area contributed by atoms with Crippen LogP contribution < -0.4 is 15.4 Å². The monoisotopic (exact) mass is 381 g/mol. The number of aromatic nitrogens is 1. The topological polar surface area (TPSA) is 63.2 Å². The molecular weight excluding hydrogens is 357 g/mol. The average Bonchev–Trinajstić information content (AvgIpc) is 2.71. The number of ether oxygens (including phenoxy) is 1. The molecule has 5 nitrogen and oxygen atoms in total. The summed E-state index contributed by atoms with van der Waals surface area (Å²) in [4.78, 5) is 16.5. The van der Waals surface area contributed by atoms with Crippen molar-refractivity contribution in [2.45, 2.75) is 25.8 Å². The van der Waals surface area contributed by atoms with Crippen LogP contribution in [-0.2, 0) is 0 Å². The van der Waals surface area contributed by atoms with Crippen LogP contribution in [0, 0.1) is 5.82 Å². The fourth-order valence-electron chi connectivity index (χ4n) is 3.04. The van der Waals surface area contributed by atoms with Gasteiger partial charge in [-0.05, 0) is 56.2 Å². The summed E-state index contributed by atoms with van der Waals surface area (Å²) in [6.45, 7) is 2.65. The lowest BCUT2D eigenvalue weighted by Crippen LogP contribution is -2.26. The molecule has 0 bridgehead atoms. The molecule has 0 aliphatic rings. The van der Waals surface area contributed by atoms with Gasteiger partial charge in [0.2, 0.25) is 0 Å². The molecule has 1 aromatic heterocycles. The first-order chi connectivity index (χ1) is 13.6. The van der Waals surface area contributed by atoms with E-state index in [1.807, 2.05) is 24.3 Å². The zero-order valence-corrected chi connectivity index (χ0v) is 16.0. The summed E-state index contributed by atoms with van der Waals surface area (Å²) >= 11 is 0. The van der Waals surface area contributed by atoms with E-state index in [0.717, 1.165) is 35.2 Å². The molecule has 0 aliphatic heterocycles. The smallest absolute Gasteiger partial charge is 0.251 e. The highest BCUT2D eigenvalue weighted by atomic mass is 19.1. The van der Waals surface area contributed by atoms with Crippen molar-refractivity contribution in [3.05, 3.63) is 66.1 Å². The van der Waals surface area contributed by atoms with Crippen LogP contribution in [0.2, 0.25) is 0 Å². The number of anilines is 1. The summed E-state index contributed by atoms with van der Waals surface area (Å²) in [5.74, 6) is 0.237. The van der Waals surface area contributed by atoms with E-state index in [2.05, 4.69) is 22.5 Å². The summed E-state index contributed by atoms with van der Waals surface area (Å²) in [6, 6.07) is 13.5. The molecule has 0 saturated carbocycles. The molecule has 6 heteroatoms. The summed E-state index contributed by atoms with van der Waals surface area (Å²) < 4.78 is 18.3. The number of fused-ring (bicyclic) bond motifs is 1. The number of nitrogens with one attached hydrogen (secondary N) is 2. The largest absolute Gasteiger partial charge is 0.497 e. The molecule has 146 valence electrons. The number of benzene rings is 2. The van der Waals surface area contributed by atoms with Crippen LogP contribution in [0.1, 0.15) is 30.1 Å². The predicted octanol–water partition coefficient (Wildman–Crippen LogP) is 4.39. The zero-order valence-electron chi connectivity index (χ0n) is 16.0. The molecule has 0 aliphatic carbocycles. The number of methoxy groups -OCH3 is 1. The second kappa shape index (κ2) is 9.17. The van der Waals surface area contributed by atoms with Gasteiger partial charge in [0.25, 0.3) is 5.91 Å². The van der Waals surface area contributed by atoms with Crippen molar-refractivity contribution in [2.75, 3.05) is 19.0 Å². The van der Waals surface area contributed by atoms with Crippen molar-refractivity contribution in [2.24, 2.45) is 0 Å². The molecule has 0 spiro atoms. The molecular formula is C22H24FN3O2. The average molecular weight is 381 g/mol. The van der Waals surface area contributed by atoms with Gasteiger partial charge in [0.15, 0.2) is 0 Å². The number of pyridine rings is 1. The van der Waals surface area contributed by atoms with E-state index < -0.39 is 0 Å². The van der Waals surface area contributed by atoms with Gasteiger partial charge in [0.1, 0.15) is 11.6 Å². The quantitative estimate of drug-likeness (QED) is 0.568. The van der Waals surface area contributed by atoms with E-state index in [9.17, 15) is 9.18 Å². The first-order valence-electron chi connectivity index (χ1n) is 9.30. The Kier molecular flexibility index (Phi) is 6.42. The number of nitrogens with zero attached hydrogens (tertiary/aromatic N) is 1. The highest BCUT2D eigenvalue weighted by molar-refractivity contribution is 5.94. The number of hydrogen-bond acceptors (Lipinski definition) is 4. The van der Waals surface area contributed by atoms with Crippen LogP contribution >= 0.6 is 0 Å². The standard InChI is InChI=1S/C22H24FN3O2/c1-15(5-3-12-25-22(27)16-7-9-18(23)10-8-16)26-20-14-19(28-2)13-17-6-4-11-24-21(17)20/h4,6-11,13-15,26H,3,5,12H2,1-2H3,(H,25,27). The maximum absolute atomic E-state index is 12.9. The number of halogens is 1. The van der Waals surface area contributed by atoms with Gasteiger partial charge in [-0.2, -0.15) is 0 Å². The van der Waals surface area contributed by atoms with Gasteiger partial charge in [-0.15, -0.1) is 0 Å². The Morgan fingerprint density at radius 2 is 2.00 bits per heavy atom. The Morgan fingerprint density at radius 1 is 1.21 bits per heavy atom. The Labute approximate surface area is 163 Å². The van der Waals surface area contributed by atoms with E-state index >= 15 is 0 Å². The normalized spacial score (nSPS) is 11.8. The molecule has 1 atom stereocenters. The predicted molar refractivity (Wildman–Crippen MR) is 109 cm³/mol. The SMILES string of the molecule is COc1cc(NC(C)CCCNC(=O)c2ccc(F)cc2)c2ncccc2c1. The molecule has 28 heavy (non-hydrogen) atoms. The van der Waals surface area contributed by atoms with Gasteiger partial charge < -0.3 is 15.4 Å². The Hall–Kier alpha value is -3.15. The maximum atomic E-state index is 12.9. The van der Waals surface area contributed by atoms with Crippen molar-refractivity contribution in [3.63, 3.8) is 0 Å². The lowest BCUT2D eigenvalue weighted by Gasteiger charge is -2.17. The Balaban J connectivity index is 1.52. The first kappa shape index (κ1) is 19.6. The fraction of sp³-hybridized carbons (Fsp3) is 0.273. The van der Waals surface area contributed by atoms with Crippen LogP contribution in [-0.4, -0.2) is 30.6 Å². The minimum atomic E-state index is -0.351. The number of rotatable bonds is 8. The molecule has 1 unspecified atom stereocenters. The van der Waals surface area contributed by atoms with Gasteiger partial charge in [0, 0.05) is 35.8 Å². The summed E-state index contributed by atoms with van der Waals surface area (Å²) in [6.07, 6.45) is 3.46. The van der Waals surface area contributed by atoms with E-state index in [0.29, 0.717) is 12.1 Å². The fourth-order valence-corrected chi connectivity index (χ4v) is 3.04. The molecule has 0 radical (unpaired) electrons. The molecule has 1 heterocycles. The highest BCUT2D eigenvalue weighted by Gasteiger charge is 2.10. The summed E-state index contributed by atoms with van der Waals surface area (Å²) in [5.41, 5.74) is 2.29. The van der Waals surface area contributed by atoms with E-state index in [1.165, 1.54) is 24.3 Å². The van der Waals surface area contributed by atoms with Crippen molar-refractivity contribution in [1.29, 1.82) is 0 Å². The third-order valence-electron chi connectivity index (χ3n) is 4.52. The Bertz CT molecular complexity index is 944.